The van der Waals surface area contributed by atoms with Gasteiger partial charge in [0, 0.05) is 13.1 Å². The molecule has 1 aliphatic heterocycles. The largest absolute Gasteiger partial charge is 0.417 e. The number of alkyl halides is 3. The van der Waals surface area contributed by atoms with E-state index >= 15 is 0 Å². The third-order valence-electron chi connectivity index (χ3n) is 3.22. The van der Waals surface area contributed by atoms with Crippen LogP contribution in [0, 0.1) is 5.82 Å². The molecule has 0 saturated carbocycles. The number of hydrogen-bond donors (Lipinski definition) is 1. The molecule has 0 bridgehead atoms. The first-order valence-corrected chi connectivity index (χ1v) is 7.61. The lowest BCUT2D eigenvalue weighted by molar-refractivity contribution is -0.140. The molecule has 1 aromatic carbocycles. The second-order valence-corrected chi connectivity index (χ2v) is 6.70. The van der Waals surface area contributed by atoms with E-state index in [0.717, 1.165) is 4.31 Å². The van der Waals surface area contributed by atoms with E-state index in [1.807, 2.05) is 0 Å². The molecule has 1 fully saturated rings. The van der Waals surface area contributed by atoms with Gasteiger partial charge in [-0.25, -0.2) is 12.8 Å². The summed E-state index contributed by atoms with van der Waals surface area (Å²) in [4.78, 5) is -0.995. The average molecular weight is 327 g/mol. The predicted octanol–water partition coefficient (Wildman–Crippen LogP) is 1.99. The lowest BCUT2D eigenvalue weighted by atomic mass is 10.1. The number of aliphatic hydroxyl groups is 1. The lowest BCUT2D eigenvalue weighted by Crippen LogP contribution is -2.42. The Hall–Kier alpha value is -1.19. The van der Waals surface area contributed by atoms with Crippen molar-refractivity contribution in [2.24, 2.45) is 0 Å². The quantitative estimate of drug-likeness (QED) is 0.845. The van der Waals surface area contributed by atoms with E-state index in [0.29, 0.717) is 25.0 Å². The standard InChI is InChI=1S/C12H13F4NO3S/c13-8-3-4-11(10(6-8)12(14,15)16)21(19,20)17-5-1-2-9(18)7-17/h3-4,6,9,18H,1-2,5,7H2. The number of rotatable bonds is 2. The molecule has 1 saturated heterocycles. The number of hydrogen-bond acceptors (Lipinski definition) is 3. The Kier molecular flexibility index (Phi) is 4.27. The Morgan fingerprint density at radius 1 is 1.29 bits per heavy atom. The molecule has 118 valence electrons. The third-order valence-corrected chi connectivity index (χ3v) is 5.15. The molecule has 2 rings (SSSR count). The minimum absolute atomic E-state index is 0.0219. The molecule has 0 radical (unpaired) electrons. The van der Waals surface area contributed by atoms with Crippen LogP contribution in [-0.4, -0.2) is 37.0 Å². The number of nitrogens with zero attached hydrogens (tertiary/aromatic N) is 1. The van der Waals surface area contributed by atoms with Gasteiger partial charge < -0.3 is 5.11 Å². The Bertz CT molecular complexity index is 630. The number of β-amino-alcohol motifs (C(OH)–C–C–N with tert-alkyl or cyclic N) is 1. The smallest absolute Gasteiger partial charge is 0.392 e. The Balaban J connectivity index is 2.50. The molecule has 1 unspecified atom stereocenters. The molecule has 0 amide bonds. The van der Waals surface area contributed by atoms with Gasteiger partial charge in [0.25, 0.3) is 0 Å². The average Bonchev–Trinajstić information content (AvgIpc) is 2.37. The molecule has 1 heterocycles. The zero-order chi connectivity index (χ0) is 15.8. The summed E-state index contributed by atoms with van der Waals surface area (Å²) in [5.74, 6) is -1.17. The number of aliphatic hydroxyl groups excluding tert-OH is 1. The van der Waals surface area contributed by atoms with E-state index in [-0.39, 0.29) is 19.2 Å². The summed E-state index contributed by atoms with van der Waals surface area (Å²) in [6, 6.07) is 1.43. The summed E-state index contributed by atoms with van der Waals surface area (Å²) in [6.45, 7) is -0.245. The molecule has 21 heavy (non-hydrogen) atoms. The van der Waals surface area contributed by atoms with Gasteiger partial charge in [0.05, 0.1) is 16.6 Å². The van der Waals surface area contributed by atoms with Gasteiger partial charge in [-0.15, -0.1) is 0 Å². The highest BCUT2D eigenvalue weighted by Crippen LogP contribution is 2.36. The monoisotopic (exact) mass is 327 g/mol. The van der Waals surface area contributed by atoms with E-state index in [2.05, 4.69) is 0 Å². The highest BCUT2D eigenvalue weighted by molar-refractivity contribution is 7.89. The molecule has 1 aromatic rings. The Labute approximate surface area is 119 Å². The zero-order valence-electron chi connectivity index (χ0n) is 10.8. The van der Waals surface area contributed by atoms with Crippen molar-refractivity contribution in [1.82, 2.24) is 4.31 Å². The molecule has 1 aliphatic rings. The van der Waals surface area contributed by atoms with Crippen LogP contribution in [0.15, 0.2) is 23.1 Å². The van der Waals surface area contributed by atoms with Crippen LogP contribution in [0.3, 0.4) is 0 Å². The van der Waals surface area contributed by atoms with Crippen LogP contribution >= 0.6 is 0 Å². The van der Waals surface area contributed by atoms with Crippen LogP contribution < -0.4 is 0 Å². The van der Waals surface area contributed by atoms with Gasteiger partial charge >= 0.3 is 6.18 Å². The van der Waals surface area contributed by atoms with Crippen molar-refractivity contribution in [2.45, 2.75) is 30.0 Å². The topological polar surface area (TPSA) is 57.6 Å². The SMILES string of the molecule is O=S(=O)(c1ccc(F)cc1C(F)(F)F)N1CCCC(O)C1. The van der Waals surface area contributed by atoms with Crippen LogP contribution in [0.4, 0.5) is 17.6 Å². The fourth-order valence-corrected chi connectivity index (χ4v) is 3.94. The number of benzene rings is 1. The van der Waals surface area contributed by atoms with E-state index in [1.165, 1.54) is 0 Å². The second-order valence-electron chi connectivity index (χ2n) is 4.80. The first-order chi connectivity index (χ1) is 9.62. The summed E-state index contributed by atoms with van der Waals surface area (Å²) in [7, 11) is -4.44. The maximum absolute atomic E-state index is 13.0. The Morgan fingerprint density at radius 2 is 1.95 bits per heavy atom. The minimum Gasteiger partial charge on any atom is -0.392 e. The van der Waals surface area contributed by atoms with Gasteiger partial charge in [-0.05, 0) is 31.0 Å². The number of sulfonamides is 1. The zero-order valence-corrected chi connectivity index (χ0v) is 11.6. The molecule has 0 spiro atoms. The summed E-state index contributed by atoms with van der Waals surface area (Å²) >= 11 is 0. The fraction of sp³-hybridized carbons (Fsp3) is 0.500. The summed E-state index contributed by atoms with van der Waals surface area (Å²) in [5, 5.41) is 9.47. The van der Waals surface area contributed by atoms with Crippen molar-refractivity contribution in [1.29, 1.82) is 0 Å². The minimum atomic E-state index is -4.99. The highest BCUT2D eigenvalue weighted by atomic mass is 32.2. The molecule has 1 atom stereocenters. The molecule has 9 heteroatoms. The van der Waals surface area contributed by atoms with Gasteiger partial charge in [0.1, 0.15) is 5.82 Å². The maximum Gasteiger partial charge on any atom is 0.417 e. The maximum atomic E-state index is 13.0. The van der Waals surface area contributed by atoms with Crippen LogP contribution in [-0.2, 0) is 16.2 Å². The number of piperidine rings is 1. The van der Waals surface area contributed by atoms with Crippen molar-refractivity contribution in [3.8, 4) is 0 Å². The molecule has 0 aromatic heterocycles. The molecule has 4 nitrogen and oxygen atoms in total. The van der Waals surface area contributed by atoms with Crippen LogP contribution in [0.2, 0.25) is 0 Å². The van der Waals surface area contributed by atoms with Crippen LogP contribution in [0.5, 0.6) is 0 Å². The van der Waals surface area contributed by atoms with Gasteiger partial charge in [-0.1, -0.05) is 0 Å². The van der Waals surface area contributed by atoms with E-state index < -0.39 is 38.6 Å². The normalized spacial score (nSPS) is 21.5. The van der Waals surface area contributed by atoms with Gasteiger partial charge in [-0.3, -0.25) is 0 Å². The third kappa shape index (κ3) is 3.35. The Morgan fingerprint density at radius 3 is 2.52 bits per heavy atom. The summed E-state index contributed by atoms with van der Waals surface area (Å²) in [6.07, 6.45) is -5.16. The molecule has 0 aliphatic carbocycles. The van der Waals surface area contributed by atoms with Crippen LogP contribution in [0.1, 0.15) is 18.4 Å². The van der Waals surface area contributed by atoms with E-state index in [9.17, 15) is 31.1 Å². The molecular weight excluding hydrogens is 314 g/mol. The van der Waals surface area contributed by atoms with Gasteiger partial charge in [-0.2, -0.15) is 17.5 Å². The predicted molar refractivity (Wildman–Crippen MR) is 65.4 cm³/mol. The van der Waals surface area contributed by atoms with Gasteiger partial charge in [0.2, 0.25) is 10.0 Å². The first kappa shape index (κ1) is 16.2. The van der Waals surface area contributed by atoms with Crippen molar-refractivity contribution >= 4 is 10.0 Å². The van der Waals surface area contributed by atoms with Crippen molar-refractivity contribution in [2.75, 3.05) is 13.1 Å². The van der Waals surface area contributed by atoms with E-state index in [1.54, 1.807) is 0 Å². The van der Waals surface area contributed by atoms with E-state index in [4.69, 9.17) is 0 Å². The summed E-state index contributed by atoms with van der Waals surface area (Å²) < 4.78 is 77.1. The van der Waals surface area contributed by atoms with Gasteiger partial charge in [0.15, 0.2) is 0 Å². The van der Waals surface area contributed by atoms with Crippen LogP contribution in [0.25, 0.3) is 0 Å². The van der Waals surface area contributed by atoms with Crippen molar-refractivity contribution in [3.05, 3.63) is 29.6 Å². The highest BCUT2D eigenvalue weighted by Gasteiger charge is 2.40. The second kappa shape index (κ2) is 5.54. The fourth-order valence-electron chi connectivity index (χ4n) is 2.23. The lowest BCUT2D eigenvalue weighted by Gasteiger charge is -2.30. The summed E-state index contributed by atoms with van der Waals surface area (Å²) in [5.41, 5.74) is -1.54. The van der Waals surface area contributed by atoms with Crippen molar-refractivity contribution < 1.29 is 31.1 Å². The van der Waals surface area contributed by atoms with Crippen molar-refractivity contribution in [3.63, 3.8) is 0 Å². The number of halogens is 4. The molecule has 1 N–H and O–H groups in total. The first-order valence-electron chi connectivity index (χ1n) is 6.17. The molecular formula is C12H13F4NO3S.